The van der Waals surface area contributed by atoms with Crippen LogP contribution in [-0.4, -0.2) is 50.5 Å². The molecule has 19 heavy (non-hydrogen) atoms. The van der Waals surface area contributed by atoms with E-state index in [1.54, 1.807) is 6.92 Å². The van der Waals surface area contributed by atoms with Crippen LogP contribution in [0.3, 0.4) is 0 Å². The molecule has 108 valence electrons. The molecule has 1 aromatic rings. The van der Waals surface area contributed by atoms with Gasteiger partial charge < -0.3 is 4.90 Å². The maximum Gasteiger partial charge on any atom is 0.249 e. The number of aryl methyl sites for hydroxylation is 1. The molecule has 2 heterocycles. The molecule has 1 saturated heterocycles. The zero-order valence-corrected chi connectivity index (χ0v) is 13.3. The number of nitrogens with two attached hydrogens (primary N) is 1. The van der Waals surface area contributed by atoms with E-state index < -0.39 is 10.0 Å². The van der Waals surface area contributed by atoms with Gasteiger partial charge in [0.25, 0.3) is 0 Å². The molecule has 1 aromatic heterocycles. The van der Waals surface area contributed by atoms with Crippen LogP contribution in [0.15, 0.2) is 4.21 Å². The van der Waals surface area contributed by atoms with Gasteiger partial charge in [0.1, 0.15) is 0 Å². The number of hydrogen-bond acceptors (Lipinski definition) is 6. The van der Waals surface area contributed by atoms with Crippen molar-refractivity contribution in [1.29, 1.82) is 0 Å². The summed E-state index contributed by atoms with van der Waals surface area (Å²) >= 11 is 1.16. The second kappa shape index (κ2) is 5.01. The van der Waals surface area contributed by atoms with E-state index in [2.05, 4.69) is 35.7 Å². The van der Waals surface area contributed by atoms with Crippen LogP contribution in [0, 0.1) is 6.92 Å². The van der Waals surface area contributed by atoms with Gasteiger partial charge in [0.05, 0.1) is 5.69 Å². The number of thiazole rings is 1. The fourth-order valence-corrected chi connectivity index (χ4v) is 4.38. The van der Waals surface area contributed by atoms with E-state index in [4.69, 9.17) is 5.14 Å². The number of anilines is 1. The largest absolute Gasteiger partial charge is 0.343 e. The van der Waals surface area contributed by atoms with Gasteiger partial charge >= 0.3 is 0 Å². The predicted octanol–water partition coefficient (Wildman–Crippen LogP) is 0.628. The van der Waals surface area contributed by atoms with Crippen LogP contribution in [-0.2, 0) is 10.0 Å². The van der Waals surface area contributed by atoms with Crippen LogP contribution >= 0.6 is 11.3 Å². The number of primary sulfonamides is 1. The predicted molar refractivity (Wildman–Crippen MR) is 77.1 cm³/mol. The molecule has 0 aliphatic carbocycles. The summed E-state index contributed by atoms with van der Waals surface area (Å²) in [5.74, 6) is 0. The molecule has 1 fully saturated rings. The quantitative estimate of drug-likeness (QED) is 0.867. The molecule has 0 bridgehead atoms. The summed E-state index contributed by atoms with van der Waals surface area (Å²) in [6.07, 6.45) is 0. The Morgan fingerprint density at radius 2 is 1.95 bits per heavy atom. The molecular formula is C11H20N4O2S2. The van der Waals surface area contributed by atoms with E-state index in [1.165, 1.54) is 0 Å². The standard InChI is InChI=1S/C11H20N4O2S2/c1-7-6-15(8(2)5-14(7)4)11-13-9(3)10(18-11)19(12,16)17/h7-8H,5-6H2,1-4H3,(H2,12,16,17). The Balaban J connectivity index is 2.33. The van der Waals surface area contributed by atoms with E-state index >= 15 is 0 Å². The average molecular weight is 304 g/mol. The summed E-state index contributed by atoms with van der Waals surface area (Å²) < 4.78 is 23.1. The summed E-state index contributed by atoms with van der Waals surface area (Å²) in [5.41, 5.74) is 0.487. The van der Waals surface area contributed by atoms with Gasteiger partial charge in [-0.2, -0.15) is 0 Å². The first-order valence-corrected chi connectivity index (χ1v) is 8.53. The Morgan fingerprint density at radius 3 is 2.47 bits per heavy atom. The minimum Gasteiger partial charge on any atom is -0.343 e. The van der Waals surface area contributed by atoms with E-state index in [0.29, 0.717) is 17.8 Å². The summed E-state index contributed by atoms with van der Waals surface area (Å²) in [6, 6.07) is 0.721. The zero-order chi connectivity index (χ0) is 14.4. The first-order chi connectivity index (χ1) is 8.70. The molecular weight excluding hydrogens is 284 g/mol. The Bertz CT molecular complexity index is 569. The number of nitrogens with zero attached hydrogens (tertiary/aromatic N) is 3. The number of hydrogen-bond donors (Lipinski definition) is 1. The molecule has 2 unspecified atom stereocenters. The molecule has 2 N–H and O–H groups in total. The van der Waals surface area contributed by atoms with Gasteiger partial charge in [0.15, 0.2) is 9.34 Å². The van der Waals surface area contributed by atoms with Crippen molar-refractivity contribution in [2.45, 2.75) is 37.1 Å². The van der Waals surface area contributed by atoms with Crippen LogP contribution < -0.4 is 10.0 Å². The van der Waals surface area contributed by atoms with Crippen molar-refractivity contribution in [3.05, 3.63) is 5.69 Å². The summed E-state index contributed by atoms with van der Waals surface area (Å²) in [4.78, 5) is 8.83. The molecule has 0 radical (unpaired) electrons. The van der Waals surface area contributed by atoms with Crippen molar-refractivity contribution in [3.63, 3.8) is 0 Å². The van der Waals surface area contributed by atoms with Crippen LogP contribution in [0.4, 0.5) is 5.13 Å². The lowest BCUT2D eigenvalue weighted by atomic mass is 10.1. The average Bonchev–Trinajstić information content (AvgIpc) is 2.65. The lowest BCUT2D eigenvalue weighted by Crippen LogP contribution is -2.55. The number of likely N-dealkylation sites (N-methyl/N-ethyl adjacent to an activating group) is 1. The number of sulfonamides is 1. The SMILES string of the molecule is Cc1nc(N2CC(C)N(C)CC2C)sc1S(N)(=O)=O. The highest BCUT2D eigenvalue weighted by Gasteiger charge is 2.30. The van der Waals surface area contributed by atoms with E-state index in [1.807, 2.05) is 0 Å². The topological polar surface area (TPSA) is 79.5 Å². The van der Waals surface area contributed by atoms with Crippen LogP contribution in [0.5, 0.6) is 0 Å². The molecule has 0 spiro atoms. The fourth-order valence-electron chi connectivity index (χ4n) is 2.32. The normalized spacial score (nSPS) is 25.8. The number of piperazine rings is 1. The second-order valence-electron chi connectivity index (χ2n) is 5.20. The van der Waals surface area contributed by atoms with Crippen LogP contribution in [0.1, 0.15) is 19.5 Å². The lowest BCUT2D eigenvalue weighted by Gasteiger charge is -2.42. The highest BCUT2D eigenvalue weighted by Crippen LogP contribution is 2.31. The lowest BCUT2D eigenvalue weighted by molar-refractivity contribution is 0.205. The van der Waals surface area contributed by atoms with Crippen molar-refractivity contribution >= 4 is 26.5 Å². The number of rotatable bonds is 2. The maximum atomic E-state index is 11.5. The molecule has 1 aliphatic rings. The van der Waals surface area contributed by atoms with Gasteiger partial charge in [-0.15, -0.1) is 0 Å². The zero-order valence-electron chi connectivity index (χ0n) is 11.6. The van der Waals surface area contributed by atoms with Crippen molar-refractivity contribution in [1.82, 2.24) is 9.88 Å². The second-order valence-corrected chi connectivity index (χ2v) is 7.94. The van der Waals surface area contributed by atoms with Gasteiger partial charge in [-0.1, -0.05) is 11.3 Å². The summed E-state index contributed by atoms with van der Waals surface area (Å²) in [6.45, 7) is 7.73. The van der Waals surface area contributed by atoms with Gasteiger partial charge in [0.2, 0.25) is 10.0 Å². The molecule has 0 saturated carbocycles. The van der Waals surface area contributed by atoms with E-state index in [0.717, 1.165) is 29.6 Å². The highest BCUT2D eigenvalue weighted by atomic mass is 32.2. The number of aromatic nitrogens is 1. The molecule has 2 rings (SSSR count). The van der Waals surface area contributed by atoms with Gasteiger partial charge in [0, 0.05) is 25.2 Å². The maximum absolute atomic E-state index is 11.5. The van der Waals surface area contributed by atoms with Gasteiger partial charge in [-0.3, -0.25) is 4.90 Å². The first kappa shape index (κ1) is 14.7. The minimum atomic E-state index is -3.67. The van der Waals surface area contributed by atoms with Crippen molar-refractivity contribution in [3.8, 4) is 0 Å². The van der Waals surface area contributed by atoms with Crippen molar-refractivity contribution in [2.24, 2.45) is 5.14 Å². The molecule has 1 aliphatic heterocycles. The van der Waals surface area contributed by atoms with Crippen LogP contribution in [0.25, 0.3) is 0 Å². The Labute approximate surface area is 118 Å². The molecule has 0 aromatic carbocycles. The Hall–Kier alpha value is -0.700. The third kappa shape index (κ3) is 2.91. The third-order valence-electron chi connectivity index (χ3n) is 3.54. The smallest absolute Gasteiger partial charge is 0.249 e. The Kier molecular flexibility index (Phi) is 3.87. The van der Waals surface area contributed by atoms with E-state index in [-0.39, 0.29) is 4.21 Å². The minimum absolute atomic E-state index is 0.168. The van der Waals surface area contributed by atoms with Crippen molar-refractivity contribution < 1.29 is 8.42 Å². The van der Waals surface area contributed by atoms with Crippen molar-refractivity contribution in [2.75, 3.05) is 25.0 Å². The molecule has 0 amide bonds. The molecule has 8 heteroatoms. The van der Waals surface area contributed by atoms with Gasteiger partial charge in [-0.05, 0) is 27.8 Å². The molecule has 2 atom stereocenters. The van der Waals surface area contributed by atoms with Crippen LogP contribution in [0.2, 0.25) is 0 Å². The molecule has 6 nitrogen and oxygen atoms in total. The fraction of sp³-hybridized carbons (Fsp3) is 0.727. The Morgan fingerprint density at radius 1 is 1.32 bits per heavy atom. The highest BCUT2D eigenvalue weighted by molar-refractivity contribution is 7.91. The van der Waals surface area contributed by atoms with E-state index in [9.17, 15) is 8.42 Å². The first-order valence-electron chi connectivity index (χ1n) is 6.17. The summed E-state index contributed by atoms with van der Waals surface area (Å²) in [5, 5.41) is 5.94. The third-order valence-corrected chi connectivity index (χ3v) is 6.29. The summed E-state index contributed by atoms with van der Waals surface area (Å²) in [7, 11) is -1.58. The van der Waals surface area contributed by atoms with Gasteiger partial charge in [-0.25, -0.2) is 18.5 Å². The monoisotopic (exact) mass is 304 g/mol.